The average Bonchev–Trinajstić information content (AvgIpc) is 3.36. The summed E-state index contributed by atoms with van der Waals surface area (Å²) >= 11 is 0. The van der Waals surface area contributed by atoms with Crippen molar-refractivity contribution in [2.24, 2.45) is 0 Å². The van der Waals surface area contributed by atoms with E-state index in [1.807, 2.05) is 17.6 Å². The summed E-state index contributed by atoms with van der Waals surface area (Å²) in [7, 11) is 1.47. The number of aromatic nitrogens is 2. The van der Waals surface area contributed by atoms with E-state index in [4.69, 9.17) is 24.0 Å². The highest BCUT2D eigenvalue weighted by atomic mass is 16.5. The first-order chi connectivity index (χ1) is 15.8. The Morgan fingerprint density at radius 3 is 2.64 bits per heavy atom. The van der Waals surface area contributed by atoms with Crippen molar-refractivity contribution in [1.82, 2.24) is 9.72 Å². The number of Topliss-reactive ketones (excluding diaryl/α,β-unsaturated/α-hetero) is 1. The van der Waals surface area contributed by atoms with Crippen LogP contribution in [0.1, 0.15) is 33.1 Å². The number of rotatable bonds is 9. The monoisotopic (exact) mass is 449 g/mol. The molecule has 0 saturated carbocycles. The van der Waals surface area contributed by atoms with E-state index < -0.39 is 12.6 Å². The van der Waals surface area contributed by atoms with Gasteiger partial charge in [-0.15, -0.1) is 0 Å². The topological polar surface area (TPSA) is 117 Å². The molecule has 1 aromatic carbocycles. The van der Waals surface area contributed by atoms with Crippen LogP contribution in [0.4, 0.5) is 0 Å². The number of esters is 1. The van der Waals surface area contributed by atoms with Crippen LogP contribution in [-0.2, 0) is 9.53 Å². The van der Waals surface area contributed by atoms with E-state index in [2.05, 4.69) is 5.16 Å². The Kier molecular flexibility index (Phi) is 7.31. The third-order valence-electron chi connectivity index (χ3n) is 4.81. The van der Waals surface area contributed by atoms with Crippen LogP contribution in [0.15, 0.2) is 40.9 Å². The maximum absolute atomic E-state index is 12.6. The maximum Gasteiger partial charge on any atom is 0.331 e. The largest absolute Gasteiger partial charge is 0.493 e. The fraction of sp³-hybridized carbons (Fsp3) is 0.250. The van der Waals surface area contributed by atoms with Crippen molar-refractivity contribution in [3.8, 4) is 23.4 Å². The predicted octanol–water partition coefficient (Wildman–Crippen LogP) is 3.74. The Hall–Kier alpha value is -4.32. The van der Waals surface area contributed by atoms with Crippen molar-refractivity contribution < 1.29 is 28.3 Å². The van der Waals surface area contributed by atoms with Gasteiger partial charge in [0.25, 0.3) is 0 Å². The molecule has 0 aliphatic carbocycles. The molecule has 0 unspecified atom stereocenters. The van der Waals surface area contributed by atoms with Gasteiger partial charge >= 0.3 is 5.97 Å². The van der Waals surface area contributed by atoms with E-state index in [9.17, 15) is 9.59 Å². The summed E-state index contributed by atoms with van der Waals surface area (Å²) in [6.45, 7) is 4.94. The zero-order valence-corrected chi connectivity index (χ0v) is 18.7. The molecule has 170 valence electrons. The first-order valence-corrected chi connectivity index (χ1v) is 10.0. The summed E-state index contributed by atoms with van der Waals surface area (Å²) in [5.74, 6) is 1.11. The van der Waals surface area contributed by atoms with E-state index in [1.165, 1.54) is 19.3 Å². The normalized spacial score (nSPS) is 10.8. The van der Waals surface area contributed by atoms with E-state index in [1.54, 1.807) is 44.2 Å². The number of nitrogens with zero attached hydrogens (tertiary/aromatic N) is 3. The first kappa shape index (κ1) is 23.3. The lowest BCUT2D eigenvalue weighted by molar-refractivity contribution is -0.136. The molecule has 0 N–H and O–H groups in total. The summed E-state index contributed by atoms with van der Waals surface area (Å²) < 4.78 is 22.5. The number of hydrogen-bond donors (Lipinski definition) is 0. The summed E-state index contributed by atoms with van der Waals surface area (Å²) in [5, 5.41) is 12.6. The molecule has 33 heavy (non-hydrogen) atoms. The van der Waals surface area contributed by atoms with Gasteiger partial charge in [0.15, 0.2) is 30.5 Å². The van der Waals surface area contributed by atoms with E-state index in [0.717, 1.165) is 5.69 Å². The molecule has 0 amide bonds. The second-order valence-corrected chi connectivity index (χ2v) is 7.14. The highest BCUT2D eigenvalue weighted by Gasteiger charge is 2.19. The Morgan fingerprint density at radius 2 is 1.97 bits per heavy atom. The third-order valence-corrected chi connectivity index (χ3v) is 4.81. The molecule has 0 saturated heterocycles. The molecule has 2 aromatic heterocycles. The number of nitriles is 1. The molecule has 0 aliphatic heterocycles. The molecule has 0 atom stereocenters. The summed E-state index contributed by atoms with van der Waals surface area (Å²) in [6, 6.07) is 10.4. The van der Waals surface area contributed by atoms with Crippen LogP contribution in [-0.4, -0.2) is 41.8 Å². The van der Waals surface area contributed by atoms with Gasteiger partial charge in [-0.1, -0.05) is 11.2 Å². The van der Waals surface area contributed by atoms with Gasteiger partial charge in [0.05, 0.1) is 7.11 Å². The SMILES string of the molecule is COc1cc(/C=C/C(=O)OCC(=O)c2cc(C)n(-c3cc(C)on3)c2C)ccc1OCC#N. The Morgan fingerprint density at radius 1 is 1.18 bits per heavy atom. The number of hydrogen-bond acceptors (Lipinski definition) is 8. The smallest absolute Gasteiger partial charge is 0.331 e. The maximum atomic E-state index is 12.6. The molecule has 3 aromatic rings. The van der Waals surface area contributed by atoms with Gasteiger partial charge in [-0.25, -0.2) is 4.79 Å². The molecule has 0 radical (unpaired) electrons. The fourth-order valence-electron chi connectivity index (χ4n) is 3.30. The molecule has 0 fully saturated rings. The standard InChI is InChI=1S/C24H23N3O6/c1-15-11-19(17(3)27(15)23-12-16(2)33-26-23)20(28)14-32-24(29)8-6-18-5-7-21(31-10-9-25)22(13-18)30-4/h5-8,11-13H,10,14H2,1-4H3/b8-6+. The number of benzene rings is 1. The van der Waals surface area contributed by atoms with E-state index >= 15 is 0 Å². The lowest BCUT2D eigenvalue weighted by Gasteiger charge is -2.08. The summed E-state index contributed by atoms with van der Waals surface area (Å²) in [6.07, 6.45) is 2.75. The number of methoxy groups -OCH3 is 1. The van der Waals surface area contributed by atoms with Crippen molar-refractivity contribution in [2.45, 2.75) is 20.8 Å². The van der Waals surface area contributed by atoms with Gasteiger partial charge in [-0.3, -0.25) is 9.36 Å². The van der Waals surface area contributed by atoms with Crippen LogP contribution in [0.3, 0.4) is 0 Å². The van der Waals surface area contributed by atoms with E-state index in [-0.39, 0.29) is 12.4 Å². The molecular weight excluding hydrogens is 426 g/mol. The number of carbonyl (C=O) groups is 2. The molecule has 2 heterocycles. The van der Waals surface area contributed by atoms with Crippen molar-refractivity contribution in [2.75, 3.05) is 20.3 Å². The van der Waals surface area contributed by atoms with Crippen LogP contribution in [0, 0.1) is 32.1 Å². The fourth-order valence-corrected chi connectivity index (χ4v) is 3.30. The van der Waals surface area contributed by atoms with Crippen molar-refractivity contribution in [3.63, 3.8) is 0 Å². The Labute approximate surface area is 190 Å². The van der Waals surface area contributed by atoms with Gasteiger partial charge in [0.1, 0.15) is 11.8 Å². The van der Waals surface area contributed by atoms with Gasteiger partial charge < -0.3 is 18.7 Å². The lowest BCUT2D eigenvalue weighted by Crippen LogP contribution is -2.13. The molecule has 9 nitrogen and oxygen atoms in total. The highest BCUT2D eigenvalue weighted by Crippen LogP contribution is 2.28. The van der Waals surface area contributed by atoms with Gasteiger partial charge in [0.2, 0.25) is 5.78 Å². The minimum atomic E-state index is -0.659. The van der Waals surface area contributed by atoms with Gasteiger partial charge in [0, 0.05) is 29.1 Å². The minimum Gasteiger partial charge on any atom is -0.493 e. The van der Waals surface area contributed by atoms with Crippen molar-refractivity contribution in [3.05, 3.63) is 64.7 Å². The second-order valence-electron chi connectivity index (χ2n) is 7.14. The average molecular weight is 449 g/mol. The summed E-state index contributed by atoms with van der Waals surface area (Å²) in [5.41, 5.74) is 2.60. The van der Waals surface area contributed by atoms with Gasteiger partial charge in [-0.05, 0) is 50.6 Å². The van der Waals surface area contributed by atoms with Crippen LogP contribution in [0.25, 0.3) is 11.9 Å². The zero-order chi connectivity index (χ0) is 24.0. The minimum absolute atomic E-state index is 0.105. The molecule has 3 rings (SSSR count). The quantitative estimate of drug-likeness (QED) is 0.275. The van der Waals surface area contributed by atoms with Crippen LogP contribution in [0.5, 0.6) is 11.5 Å². The highest BCUT2D eigenvalue weighted by molar-refractivity contribution is 6.00. The summed E-state index contributed by atoms with van der Waals surface area (Å²) in [4.78, 5) is 24.8. The number of carbonyl (C=O) groups excluding carboxylic acids is 2. The molecule has 0 spiro atoms. The second kappa shape index (κ2) is 10.3. The third kappa shape index (κ3) is 5.49. The van der Waals surface area contributed by atoms with Crippen molar-refractivity contribution in [1.29, 1.82) is 5.26 Å². The molecule has 0 aliphatic rings. The molecular formula is C24H23N3O6. The molecule has 9 heteroatoms. The number of ether oxygens (including phenoxy) is 3. The van der Waals surface area contributed by atoms with Crippen LogP contribution < -0.4 is 9.47 Å². The van der Waals surface area contributed by atoms with Crippen molar-refractivity contribution >= 4 is 17.8 Å². The molecule has 0 bridgehead atoms. The van der Waals surface area contributed by atoms with Crippen LogP contribution >= 0.6 is 0 Å². The Bertz CT molecular complexity index is 1250. The zero-order valence-electron chi connectivity index (χ0n) is 18.7. The lowest BCUT2D eigenvalue weighted by atomic mass is 10.1. The Balaban J connectivity index is 1.63. The number of ketones is 1. The van der Waals surface area contributed by atoms with E-state index in [0.29, 0.717) is 39.9 Å². The van der Waals surface area contributed by atoms with Gasteiger partial charge in [-0.2, -0.15) is 5.26 Å². The van der Waals surface area contributed by atoms with Crippen LogP contribution in [0.2, 0.25) is 0 Å². The predicted molar refractivity (Wildman–Crippen MR) is 118 cm³/mol. The first-order valence-electron chi connectivity index (χ1n) is 10.0. The number of aryl methyl sites for hydroxylation is 2.